The molecule has 1 rings (SSSR count). The van der Waals surface area contributed by atoms with Crippen molar-refractivity contribution in [2.75, 3.05) is 13.1 Å². The lowest BCUT2D eigenvalue weighted by molar-refractivity contribution is 0.0562. The maximum absolute atomic E-state index is 11.5. The van der Waals surface area contributed by atoms with Crippen molar-refractivity contribution in [3.8, 4) is 0 Å². The molecular formula is C14H28N4O2. The molecule has 0 saturated heterocycles. The highest BCUT2D eigenvalue weighted by Crippen LogP contribution is 2.28. The summed E-state index contributed by atoms with van der Waals surface area (Å²) in [6, 6.07) is 0. The van der Waals surface area contributed by atoms with Crippen LogP contribution in [0.4, 0.5) is 4.79 Å². The van der Waals surface area contributed by atoms with Crippen LogP contribution in [-0.2, 0) is 4.74 Å². The molecule has 2 atom stereocenters. The molecule has 0 spiro atoms. The van der Waals surface area contributed by atoms with Gasteiger partial charge in [-0.2, -0.15) is 0 Å². The largest absolute Gasteiger partial charge is 0.444 e. The summed E-state index contributed by atoms with van der Waals surface area (Å²) in [4.78, 5) is 15.7. The van der Waals surface area contributed by atoms with Crippen molar-refractivity contribution in [2.45, 2.75) is 52.1 Å². The number of amides is 1. The number of alkyl carbamates (subject to hydrolysis) is 1. The minimum atomic E-state index is -0.567. The Balaban J connectivity index is 2.36. The van der Waals surface area contributed by atoms with E-state index in [1.807, 2.05) is 0 Å². The first-order valence-corrected chi connectivity index (χ1v) is 7.30. The van der Waals surface area contributed by atoms with Gasteiger partial charge in [0.25, 0.3) is 0 Å². The van der Waals surface area contributed by atoms with E-state index in [1.165, 1.54) is 12.8 Å². The highest BCUT2D eigenvalue weighted by atomic mass is 16.6. The van der Waals surface area contributed by atoms with E-state index in [9.17, 15) is 4.79 Å². The number of nitrogens with zero attached hydrogens (tertiary/aromatic N) is 1. The number of aliphatic imine (C=N–C) groups is 1. The molecule has 2 unspecified atom stereocenters. The predicted octanol–water partition coefficient (Wildman–Crippen LogP) is 1.59. The van der Waals surface area contributed by atoms with E-state index in [2.05, 4.69) is 10.3 Å². The Bertz CT molecular complexity index is 350. The molecular weight excluding hydrogens is 256 g/mol. The summed E-state index contributed by atoms with van der Waals surface area (Å²) in [5.41, 5.74) is 10.9. The molecule has 5 N–H and O–H groups in total. The molecule has 116 valence electrons. The van der Waals surface area contributed by atoms with Crippen LogP contribution in [0.15, 0.2) is 4.99 Å². The van der Waals surface area contributed by atoms with E-state index in [-0.39, 0.29) is 5.96 Å². The van der Waals surface area contributed by atoms with Gasteiger partial charge in [-0.05, 0) is 58.4 Å². The number of nitrogens with two attached hydrogens (primary N) is 2. The maximum Gasteiger partial charge on any atom is 0.414 e. The van der Waals surface area contributed by atoms with Gasteiger partial charge in [0.05, 0.1) is 0 Å². The molecule has 20 heavy (non-hydrogen) atoms. The molecule has 1 saturated carbocycles. The Hall–Kier alpha value is -1.30. The van der Waals surface area contributed by atoms with Crippen LogP contribution in [0.5, 0.6) is 0 Å². The second-order valence-corrected chi connectivity index (χ2v) is 6.49. The van der Waals surface area contributed by atoms with E-state index in [0.717, 1.165) is 19.4 Å². The van der Waals surface area contributed by atoms with Gasteiger partial charge in [-0.1, -0.05) is 6.42 Å². The number of ether oxygens (including phenoxy) is 1. The van der Waals surface area contributed by atoms with E-state index in [1.54, 1.807) is 20.8 Å². The molecule has 0 aromatic rings. The lowest BCUT2D eigenvalue weighted by Crippen LogP contribution is -2.40. The first kappa shape index (κ1) is 16.8. The summed E-state index contributed by atoms with van der Waals surface area (Å²) < 4.78 is 5.11. The molecule has 1 aliphatic rings. The smallest absolute Gasteiger partial charge is 0.414 e. The van der Waals surface area contributed by atoms with Crippen molar-refractivity contribution in [1.82, 2.24) is 5.32 Å². The minimum Gasteiger partial charge on any atom is -0.444 e. The van der Waals surface area contributed by atoms with Gasteiger partial charge in [-0.3, -0.25) is 10.3 Å². The maximum atomic E-state index is 11.5. The van der Waals surface area contributed by atoms with Crippen molar-refractivity contribution >= 4 is 12.1 Å². The predicted molar refractivity (Wildman–Crippen MR) is 80.4 cm³/mol. The third-order valence-electron chi connectivity index (χ3n) is 3.37. The number of nitrogens with one attached hydrogen (secondary N) is 1. The number of hydrogen-bond acceptors (Lipinski definition) is 4. The first-order valence-electron chi connectivity index (χ1n) is 7.30. The monoisotopic (exact) mass is 284 g/mol. The highest BCUT2D eigenvalue weighted by molar-refractivity contribution is 5.92. The quantitative estimate of drug-likeness (QED) is 0.541. The normalized spacial score (nSPS) is 24.3. The average molecular weight is 284 g/mol. The van der Waals surface area contributed by atoms with Crippen LogP contribution in [0.3, 0.4) is 0 Å². The number of rotatable bonds is 3. The fourth-order valence-electron chi connectivity index (χ4n) is 2.46. The van der Waals surface area contributed by atoms with E-state index in [4.69, 9.17) is 16.2 Å². The molecule has 1 fully saturated rings. The fraction of sp³-hybridized carbons (Fsp3) is 0.857. The van der Waals surface area contributed by atoms with E-state index in [0.29, 0.717) is 18.4 Å². The Morgan fingerprint density at radius 1 is 1.35 bits per heavy atom. The van der Waals surface area contributed by atoms with Gasteiger partial charge in [0.1, 0.15) is 5.60 Å². The van der Waals surface area contributed by atoms with Gasteiger partial charge >= 0.3 is 6.09 Å². The third-order valence-corrected chi connectivity index (χ3v) is 3.37. The SMILES string of the molecule is CC(C)(C)OC(=O)NC(N)=NCC1CCCC(CN)C1. The second kappa shape index (κ2) is 7.47. The Morgan fingerprint density at radius 2 is 2.00 bits per heavy atom. The van der Waals surface area contributed by atoms with Gasteiger partial charge < -0.3 is 16.2 Å². The number of carbonyl (C=O) groups is 1. The van der Waals surface area contributed by atoms with Crippen LogP contribution >= 0.6 is 0 Å². The van der Waals surface area contributed by atoms with Gasteiger partial charge in [0, 0.05) is 6.54 Å². The summed E-state index contributed by atoms with van der Waals surface area (Å²) in [5, 5.41) is 2.44. The topological polar surface area (TPSA) is 103 Å². The van der Waals surface area contributed by atoms with Crippen molar-refractivity contribution < 1.29 is 9.53 Å². The van der Waals surface area contributed by atoms with Crippen molar-refractivity contribution in [2.24, 2.45) is 28.3 Å². The zero-order valence-corrected chi connectivity index (χ0v) is 12.8. The van der Waals surface area contributed by atoms with Gasteiger partial charge in [0.15, 0.2) is 5.96 Å². The zero-order chi connectivity index (χ0) is 15.2. The summed E-state index contributed by atoms with van der Waals surface area (Å²) in [6.45, 7) is 6.78. The number of carbonyl (C=O) groups excluding carboxylic acids is 1. The van der Waals surface area contributed by atoms with E-state index >= 15 is 0 Å². The molecule has 0 radical (unpaired) electrons. The highest BCUT2D eigenvalue weighted by Gasteiger charge is 2.21. The second-order valence-electron chi connectivity index (χ2n) is 6.49. The Kier molecular flexibility index (Phi) is 6.26. The molecule has 6 heteroatoms. The first-order chi connectivity index (χ1) is 9.30. The van der Waals surface area contributed by atoms with Crippen LogP contribution < -0.4 is 16.8 Å². The molecule has 0 heterocycles. The van der Waals surface area contributed by atoms with Crippen LogP contribution in [0.25, 0.3) is 0 Å². The molecule has 1 aliphatic carbocycles. The zero-order valence-electron chi connectivity index (χ0n) is 12.8. The van der Waals surface area contributed by atoms with Gasteiger partial charge in [-0.25, -0.2) is 4.79 Å². The van der Waals surface area contributed by atoms with Crippen LogP contribution in [0.1, 0.15) is 46.5 Å². The lowest BCUT2D eigenvalue weighted by atomic mass is 9.81. The minimum absolute atomic E-state index is 0.120. The molecule has 1 amide bonds. The van der Waals surface area contributed by atoms with Crippen molar-refractivity contribution in [3.63, 3.8) is 0 Å². The van der Waals surface area contributed by atoms with Crippen LogP contribution in [-0.4, -0.2) is 30.7 Å². The number of hydrogen-bond donors (Lipinski definition) is 3. The summed E-state index contributed by atoms with van der Waals surface area (Å²) in [6.07, 6.45) is 4.09. The van der Waals surface area contributed by atoms with Gasteiger partial charge in [-0.15, -0.1) is 0 Å². The Morgan fingerprint density at radius 3 is 2.60 bits per heavy atom. The lowest BCUT2D eigenvalue weighted by Gasteiger charge is -2.27. The fourth-order valence-corrected chi connectivity index (χ4v) is 2.46. The van der Waals surface area contributed by atoms with Crippen LogP contribution in [0, 0.1) is 11.8 Å². The van der Waals surface area contributed by atoms with Crippen molar-refractivity contribution in [3.05, 3.63) is 0 Å². The number of guanidine groups is 1. The molecule has 0 aromatic carbocycles. The molecule has 0 bridgehead atoms. The molecule has 0 aromatic heterocycles. The van der Waals surface area contributed by atoms with Gasteiger partial charge in [0.2, 0.25) is 0 Å². The van der Waals surface area contributed by atoms with Crippen molar-refractivity contribution in [1.29, 1.82) is 0 Å². The molecule has 0 aliphatic heterocycles. The average Bonchev–Trinajstić information content (AvgIpc) is 2.34. The standard InChI is InChI=1S/C14H28N4O2/c1-14(2,3)20-13(19)18-12(16)17-9-11-6-4-5-10(7-11)8-15/h10-11H,4-9,15H2,1-3H3,(H3,16,17,18,19). The molecule has 6 nitrogen and oxygen atoms in total. The third kappa shape index (κ3) is 6.75. The Labute approximate surface area is 121 Å². The summed E-state index contributed by atoms with van der Waals surface area (Å²) >= 11 is 0. The summed E-state index contributed by atoms with van der Waals surface area (Å²) in [5.74, 6) is 1.23. The van der Waals surface area contributed by atoms with E-state index < -0.39 is 11.7 Å². The summed E-state index contributed by atoms with van der Waals surface area (Å²) in [7, 11) is 0. The van der Waals surface area contributed by atoms with Crippen LogP contribution in [0.2, 0.25) is 0 Å².